The molecule has 98 valence electrons. The Hall–Kier alpha value is -2.90. The van der Waals surface area contributed by atoms with Crippen molar-refractivity contribution >= 4 is 17.3 Å². The number of benzene rings is 1. The third-order valence-corrected chi connectivity index (χ3v) is 2.44. The number of hydrogen-bond acceptors (Lipinski definition) is 6. The van der Waals surface area contributed by atoms with E-state index in [4.69, 9.17) is 10.3 Å². The van der Waals surface area contributed by atoms with E-state index in [0.717, 1.165) is 0 Å². The number of para-hydroxylation sites is 1. The number of hydrogen-bond donors (Lipinski definition) is 2. The molecule has 0 aliphatic carbocycles. The third kappa shape index (κ3) is 2.68. The molecule has 2 rings (SSSR count). The van der Waals surface area contributed by atoms with Crippen LogP contribution in [0.4, 0.5) is 11.4 Å². The van der Waals surface area contributed by atoms with Gasteiger partial charge >= 0.3 is 0 Å². The highest BCUT2D eigenvalue weighted by Crippen LogP contribution is 2.24. The van der Waals surface area contributed by atoms with Gasteiger partial charge in [0, 0.05) is 12.1 Å². The predicted octanol–water partition coefficient (Wildman–Crippen LogP) is 1.09. The lowest BCUT2D eigenvalue weighted by Gasteiger charge is -2.06. The first kappa shape index (κ1) is 12.6. The molecule has 0 bridgehead atoms. The first-order valence-electron chi connectivity index (χ1n) is 5.30. The zero-order valence-corrected chi connectivity index (χ0v) is 9.70. The zero-order chi connectivity index (χ0) is 13.8. The zero-order valence-electron chi connectivity index (χ0n) is 9.70. The van der Waals surface area contributed by atoms with Crippen LogP contribution < -0.4 is 11.1 Å². The highest BCUT2D eigenvalue weighted by Gasteiger charge is 2.18. The van der Waals surface area contributed by atoms with Crippen LogP contribution in [-0.4, -0.2) is 16.0 Å². The van der Waals surface area contributed by atoms with E-state index >= 15 is 0 Å². The fraction of sp³-hybridized carbons (Fsp3) is 0.0909. The molecular weight excluding hydrogens is 252 g/mol. The Morgan fingerprint density at radius 2 is 2.26 bits per heavy atom. The average molecular weight is 262 g/mol. The monoisotopic (exact) mass is 262 g/mol. The highest BCUT2D eigenvalue weighted by molar-refractivity contribution is 6.00. The number of nitro groups is 1. The number of carbonyl (C=O) groups excluding carboxylic acids is 1. The number of nitro benzene ring substituents is 1. The maximum Gasteiger partial charge on any atom is 0.292 e. The smallest absolute Gasteiger partial charge is 0.292 e. The van der Waals surface area contributed by atoms with E-state index in [1.54, 1.807) is 6.07 Å². The first-order valence-corrected chi connectivity index (χ1v) is 5.30. The summed E-state index contributed by atoms with van der Waals surface area (Å²) in [7, 11) is 0. The molecule has 2 aromatic rings. The van der Waals surface area contributed by atoms with Crippen LogP contribution in [0.2, 0.25) is 0 Å². The van der Waals surface area contributed by atoms with Crippen LogP contribution in [0.15, 0.2) is 35.0 Å². The van der Waals surface area contributed by atoms with Crippen molar-refractivity contribution in [2.75, 3.05) is 5.73 Å². The van der Waals surface area contributed by atoms with Gasteiger partial charge in [0.1, 0.15) is 5.69 Å². The number of nitrogens with zero attached hydrogens (tertiary/aromatic N) is 2. The van der Waals surface area contributed by atoms with Crippen LogP contribution in [-0.2, 0) is 6.54 Å². The summed E-state index contributed by atoms with van der Waals surface area (Å²) in [5.41, 5.74) is 5.18. The van der Waals surface area contributed by atoms with Crippen molar-refractivity contribution in [2.24, 2.45) is 0 Å². The first-order chi connectivity index (χ1) is 9.09. The van der Waals surface area contributed by atoms with Crippen molar-refractivity contribution < 1.29 is 14.2 Å². The fourth-order valence-corrected chi connectivity index (χ4v) is 1.51. The minimum absolute atomic E-state index is 0.0497. The number of nitrogens with one attached hydrogen (secondary N) is 1. The summed E-state index contributed by atoms with van der Waals surface area (Å²) in [6.07, 6.45) is 1.45. The molecule has 8 nitrogen and oxygen atoms in total. The summed E-state index contributed by atoms with van der Waals surface area (Å²) in [5, 5.41) is 16.7. The molecular formula is C11H10N4O4. The predicted molar refractivity (Wildman–Crippen MR) is 65.2 cm³/mol. The van der Waals surface area contributed by atoms with Crippen LogP contribution in [0.3, 0.4) is 0 Å². The number of aromatic nitrogens is 1. The van der Waals surface area contributed by atoms with Gasteiger partial charge in [0.25, 0.3) is 11.6 Å². The summed E-state index contributed by atoms with van der Waals surface area (Å²) in [6.45, 7) is 0.126. The largest absolute Gasteiger partial charge is 0.393 e. The van der Waals surface area contributed by atoms with Gasteiger partial charge < -0.3 is 15.6 Å². The molecule has 0 radical (unpaired) electrons. The molecule has 0 aliphatic heterocycles. The highest BCUT2D eigenvalue weighted by atomic mass is 16.6. The molecule has 8 heteroatoms. The molecule has 0 atom stereocenters. The van der Waals surface area contributed by atoms with Crippen molar-refractivity contribution in [3.8, 4) is 0 Å². The Labute approximate surface area is 107 Å². The lowest BCUT2D eigenvalue weighted by molar-refractivity contribution is -0.383. The molecule has 1 aromatic carbocycles. The van der Waals surface area contributed by atoms with Gasteiger partial charge in [-0.15, -0.1) is 0 Å². The van der Waals surface area contributed by atoms with Gasteiger partial charge in [-0.2, -0.15) is 0 Å². The maximum absolute atomic E-state index is 11.9. The molecule has 1 heterocycles. The molecule has 0 aliphatic rings. The van der Waals surface area contributed by atoms with Crippen LogP contribution in [0.5, 0.6) is 0 Å². The van der Waals surface area contributed by atoms with Gasteiger partial charge in [-0.05, 0) is 6.07 Å². The molecule has 0 saturated heterocycles. The second kappa shape index (κ2) is 5.17. The molecule has 3 N–H and O–H groups in total. The Balaban J connectivity index is 2.15. The number of anilines is 1. The fourth-order valence-electron chi connectivity index (χ4n) is 1.51. The van der Waals surface area contributed by atoms with Crippen LogP contribution in [0.1, 0.15) is 16.1 Å². The Morgan fingerprint density at radius 1 is 1.47 bits per heavy atom. The van der Waals surface area contributed by atoms with E-state index in [1.807, 2.05) is 0 Å². The second-order valence-electron chi connectivity index (χ2n) is 3.66. The normalized spacial score (nSPS) is 10.1. The minimum Gasteiger partial charge on any atom is -0.393 e. The molecule has 0 saturated carbocycles. The molecule has 0 fully saturated rings. The molecule has 1 aromatic heterocycles. The van der Waals surface area contributed by atoms with E-state index in [2.05, 4.69) is 10.5 Å². The minimum atomic E-state index is -0.636. The quantitative estimate of drug-likeness (QED) is 0.482. The van der Waals surface area contributed by atoms with Crippen LogP contribution in [0.25, 0.3) is 0 Å². The van der Waals surface area contributed by atoms with Crippen molar-refractivity contribution in [3.63, 3.8) is 0 Å². The van der Waals surface area contributed by atoms with Crippen molar-refractivity contribution in [1.82, 2.24) is 10.5 Å². The summed E-state index contributed by atoms with van der Waals surface area (Å²) in [5.74, 6) is -0.0463. The second-order valence-corrected chi connectivity index (χ2v) is 3.66. The van der Waals surface area contributed by atoms with E-state index in [1.165, 1.54) is 24.4 Å². The van der Waals surface area contributed by atoms with E-state index < -0.39 is 10.8 Å². The SMILES string of the molecule is Nc1c(C(=O)NCc2ccno2)cccc1[N+](=O)[O-]. The van der Waals surface area contributed by atoms with Gasteiger partial charge in [0.15, 0.2) is 5.76 Å². The Kier molecular flexibility index (Phi) is 3.42. The van der Waals surface area contributed by atoms with Gasteiger partial charge in [0.2, 0.25) is 0 Å². The number of amides is 1. The maximum atomic E-state index is 11.9. The third-order valence-electron chi connectivity index (χ3n) is 2.44. The van der Waals surface area contributed by atoms with Crippen LogP contribution >= 0.6 is 0 Å². The lowest BCUT2D eigenvalue weighted by Crippen LogP contribution is -2.23. The summed E-state index contributed by atoms with van der Waals surface area (Å²) in [4.78, 5) is 21.9. The van der Waals surface area contributed by atoms with Crippen molar-refractivity contribution in [2.45, 2.75) is 6.54 Å². The topological polar surface area (TPSA) is 124 Å². The molecule has 19 heavy (non-hydrogen) atoms. The van der Waals surface area contributed by atoms with Gasteiger partial charge in [-0.3, -0.25) is 14.9 Å². The number of nitrogen functional groups attached to an aromatic ring is 1. The van der Waals surface area contributed by atoms with Crippen molar-refractivity contribution in [3.05, 3.63) is 51.9 Å². The number of nitrogens with two attached hydrogens (primary N) is 1. The molecule has 0 spiro atoms. The average Bonchev–Trinajstić information content (AvgIpc) is 2.89. The summed E-state index contributed by atoms with van der Waals surface area (Å²) >= 11 is 0. The molecule has 0 unspecified atom stereocenters. The van der Waals surface area contributed by atoms with Gasteiger partial charge in [-0.25, -0.2) is 0 Å². The summed E-state index contributed by atoms with van der Waals surface area (Å²) in [6, 6.07) is 5.65. The molecule has 1 amide bonds. The Morgan fingerprint density at radius 3 is 2.89 bits per heavy atom. The Bertz CT molecular complexity index is 609. The van der Waals surface area contributed by atoms with Crippen molar-refractivity contribution in [1.29, 1.82) is 0 Å². The van der Waals surface area contributed by atoms with Gasteiger partial charge in [0.05, 0.1) is 23.2 Å². The van der Waals surface area contributed by atoms with E-state index in [0.29, 0.717) is 5.76 Å². The summed E-state index contributed by atoms with van der Waals surface area (Å²) < 4.78 is 4.81. The lowest BCUT2D eigenvalue weighted by atomic mass is 10.1. The number of rotatable bonds is 4. The standard InChI is InChI=1S/C11H10N4O4/c12-10-8(2-1-3-9(10)15(17)18)11(16)13-6-7-4-5-14-19-7/h1-5H,6,12H2,(H,13,16). The van der Waals surface area contributed by atoms with Crippen LogP contribution in [0, 0.1) is 10.1 Å². The van der Waals surface area contributed by atoms with E-state index in [-0.39, 0.29) is 23.5 Å². The van der Waals surface area contributed by atoms with E-state index in [9.17, 15) is 14.9 Å². The van der Waals surface area contributed by atoms with Gasteiger partial charge in [-0.1, -0.05) is 11.2 Å². The number of carbonyl (C=O) groups is 1.